The molecule has 0 fully saturated rings. The van der Waals surface area contributed by atoms with E-state index in [4.69, 9.17) is 0 Å². The largest absolute Gasteiger partial charge is 1.00 e. The van der Waals surface area contributed by atoms with Gasteiger partial charge in [-0.1, -0.05) is 42.5 Å². The van der Waals surface area contributed by atoms with Crippen LogP contribution >= 0.6 is 0 Å². The minimum atomic E-state index is -4.85. The van der Waals surface area contributed by atoms with Gasteiger partial charge in [-0.15, -0.1) is 25.6 Å². The van der Waals surface area contributed by atoms with E-state index in [9.17, 15) is 46.3 Å². The molecule has 0 radical (unpaired) electrons. The Morgan fingerprint density at radius 1 is 0.547 bits per heavy atom. The van der Waals surface area contributed by atoms with E-state index < -0.39 is 52.1 Å². The maximum Gasteiger partial charge on any atom is 1.00 e. The molecule has 0 spiro atoms. The van der Waals surface area contributed by atoms with Crippen molar-refractivity contribution in [3.63, 3.8) is 0 Å². The average molecular weight is 772 g/mol. The third-order valence-corrected chi connectivity index (χ3v) is 9.04. The first kappa shape index (κ1) is 41.2. The van der Waals surface area contributed by atoms with Crippen molar-refractivity contribution in [1.29, 1.82) is 0 Å². The molecule has 0 atom stereocenters. The predicted octanol–water partition coefficient (Wildman–Crippen LogP) is 2.37. The fraction of sp³-hybridized carbons (Fsp3) is 0. The van der Waals surface area contributed by atoms with Gasteiger partial charge in [-0.25, -0.2) is 16.8 Å². The van der Waals surface area contributed by atoms with Crippen molar-refractivity contribution in [2.75, 3.05) is 0 Å². The van der Waals surface area contributed by atoms with Gasteiger partial charge in [0.1, 0.15) is 31.6 Å². The Morgan fingerprint density at radius 3 is 1.75 bits per heavy atom. The molecule has 0 saturated carbocycles. The number of hydrogen-bond acceptors (Lipinski definition) is 16. The first-order chi connectivity index (χ1) is 24.2. The zero-order chi connectivity index (χ0) is 36.5. The molecule has 6 rings (SSSR count). The van der Waals surface area contributed by atoms with Crippen molar-refractivity contribution in [3.05, 3.63) is 113 Å². The summed E-state index contributed by atoms with van der Waals surface area (Å²) in [7, 11) is -9.58. The monoisotopic (exact) mass is 771 g/mol. The molecule has 17 nitrogen and oxygen atoms in total. The van der Waals surface area contributed by atoms with Crippen LogP contribution in [0.4, 0.5) is 39.8 Å². The van der Waals surface area contributed by atoms with Gasteiger partial charge in [-0.2, -0.15) is 5.11 Å². The van der Waals surface area contributed by atoms with Crippen LogP contribution in [0.3, 0.4) is 0 Å². The summed E-state index contributed by atoms with van der Waals surface area (Å²) in [5.41, 5.74) is -0.922. The second-order valence-corrected chi connectivity index (χ2v) is 13.3. The van der Waals surface area contributed by atoms with E-state index in [-0.39, 0.29) is 104 Å². The number of phenolic OH excluding ortho intramolecular Hbond substituents is 2. The van der Waals surface area contributed by atoms with Crippen LogP contribution in [0.25, 0.3) is 21.5 Å². The summed E-state index contributed by atoms with van der Waals surface area (Å²) >= 11 is 0. The topological polar surface area (TPSA) is 272 Å². The maximum atomic E-state index is 11.8. The van der Waals surface area contributed by atoms with Crippen LogP contribution < -0.4 is 59.1 Å². The van der Waals surface area contributed by atoms with Crippen molar-refractivity contribution < 1.29 is 100 Å². The van der Waals surface area contributed by atoms with Gasteiger partial charge in [0.15, 0.2) is 17.2 Å². The van der Waals surface area contributed by atoms with Gasteiger partial charge >= 0.3 is 59.1 Å². The molecule has 53 heavy (non-hydrogen) atoms. The summed E-state index contributed by atoms with van der Waals surface area (Å²) in [4.78, 5) is 9.47. The second kappa shape index (κ2) is 16.6. The van der Waals surface area contributed by atoms with E-state index in [1.54, 1.807) is 12.1 Å². The van der Waals surface area contributed by atoms with Crippen LogP contribution in [0.1, 0.15) is 0 Å². The Kier molecular flexibility index (Phi) is 12.9. The van der Waals surface area contributed by atoms with Crippen molar-refractivity contribution >= 4 is 81.6 Å². The zero-order valence-electron chi connectivity index (χ0n) is 27.4. The van der Waals surface area contributed by atoms with Gasteiger partial charge < -0.3 is 19.3 Å². The predicted molar refractivity (Wildman–Crippen MR) is 179 cm³/mol. The summed E-state index contributed by atoms with van der Waals surface area (Å²) in [5.74, 6) is -1.45. The number of nitro groups is 1. The Morgan fingerprint density at radius 2 is 1.13 bits per heavy atom. The zero-order valence-corrected chi connectivity index (χ0v) is 33.1. The van der Waals surface area contributed by atoms with E-state index in [1.807, 2.05) is 0 Å². The van der Waals surface area contributed by atoms with Crippen molar-refractivity contribution in [3.8, 4) is 11.5 Å². The Bertz CT molecular complexity index is 2710. The molecule has 6 aromatic rings. The molecule has 0 unspecified atom stereocenters. The molecule has 6 aromatic carbocycles. The third kappa shape index (κ3) is 9.16. The van der Waals surface area contributed by atoms with Gasteiger partial charge in [0.2, 0.25) is 0 Å². The Hall–Kier alpha value is -4.54. The molecule has 2 N–H and O–H groups in total. The first-order valence-electron chi connectivity index (χ1n) is 14.3. The van der Waals surface area contributed by atoms with Crippen LogP contribution in [0.2, 0.25) is 0 Å². The quantitative estimate of drug-likeness (QED) is 0.0712. The Balaban J connectivity index is 0.00000314. The van der Waals surface area contributed by atoms with Gasteiger partial charge in [-0.3, -0.25) is 10.1 Å². The number of hydrogen-bond donors (Lipinski definition) is 2. The fourth-order valence-electron chi connectivity index (χ4n) is 4.88. The standard InChI is InChI=1S/C32H21N7O10S2.2Na/c40-31-27(36-33-19-8-10-20(11-9-19)39(42)43)17-28(37-34-25-7-3-4-18-16-21(50(44,45)46)12-13-22(18)25)32(41)30(31)38-35-26-14-15-29(51(47,48)49)24-6-2-1-5-23(24)26;;/h1-17,40-41H,(H,44,45,46)(H,47,48,49);;/q;2*+1/p-2. The van der Waals surface area contributed by atoms with E-state index in [0.717, 1.165) is 18.2 Å². The van der Waals surface area contributed by atoms with Crippen LogP contribution in [0.5, 0.6) is 11.5 Å². The maximum absolute atomic E-state index is 11.8. The van der Waals surface area contributed by atoms with Crippen LogP contribution in [0, 0.1) is 10.1 Å². The molecule has 0 aliphatic rings. The van der Waals surface area contributed by atoms with Gasteiger partial charge in [0, 0.05) is 34.4 Å². The number of azo groups is 3. The molecule has 0 amide bonds. The smallest absolute Gasteiger partial charge is 0.744 e. The summed E-state index contributed by atoms with van der Waals surface area (Å²) in [6.07, 6.45) is 0. The number of benzene rings is 6. The van der Waals surface area contributed by atoms with Crippen LogP contribution in [-0.2, 0) is 20.2 Å². The number of phenols is 2. The molecule has 21 heteroatoms. The summed E-state index contributed by atoms with van der Waals surface area (Å²) in [5, 5.41) is 58.7. The molecule has 0 aromatic heterocycles. The summed E-state index contributed by atoms with van der Waals surface area (Å²) < 4.78 is 70.0. The summed E-state index contributed by atoms with van der Waals surface area (Å²) in [6.45, 7) is 0. The van der Waals surface area contributed by atoms with E-state index in [1.165, 1.54) is 72.8 Å². The van der Waals surface area contributed by atoms with E-state index >= 15 is 0 Å². The average Bonchev–Trinajstić information content (AvgIpc) is 3.09. The summed E-state index contributed by atoms with van der Waals surface area (Å²) in [6, 6.07) is 22.6. The number of aromatic hydroxyl groups is 2. The number of nitrogens with zero attached hydrogens (tertiary/aromatic N) is 7. The molecule has 0 aliphatic carbocycles. The van der Waals surface area contributed by atoms with Crippen molar-refractivity contribution in [2.24, 2.45) is 30.7 Å². The van der Waals surface area contributed by atoms with E-state index in [0.29, 0.717) is 10.8 Å². The molecule has 0 aliphatic heterocycles. The minimum Gasteiger partial charge on any atom is -0.744 e. The molecule has 0 saturated heterocycles. The number of rotatable bonds is 9. The molecular weight excluding hydrogens is 753 g/mol. The molecule has 256 valence electrons. The van der Waals surface area contributed by atoms with Crippen LogP contribution in [-0.4, -0.2) is 41.1 Å². The molecule has 0 heterocycles. The normalized spacial score (nSPS) is 12.0. The van der Waals surface area contributed by atoms with E-state index in [2.05, 4.69) is 30.7 Å². The first-order valence-corrected chi connectivity index (χ1v) is 17.1. The van der Waals surface area contributed by atoms with Gasteiger partial charge in [0.25, 0.3) is 5.69 Å². The van der Waals surface area contributed by atoms with Gasteiger partial charge in [-0.05, 0) is 47.9 Å². The third-order valence-electron chi connectivity index (χ3n) is 7.31. The van der Waals surface area contributed by atoms with Crippen molar-refractivity contribution in [1.82, 2.24) is 0 Å². The van der Waals surface area contributed by atoms with Crippen LogP contribution in [0.15, 0.2) is 144 Å². The van der Waals surface area contributed by atoms with Crippen molar-refractivity contribution in [2.45, 2.75) is 9.79 Å². The number of nitro benzene ring substituents is 1. The molecular formula is C32H19N7Na2O10S2. The number of fused-ring (bicyclic) bond motifs is 2. The fourth-order valence-corrected chi connectivity index (χ4v) is 6.07. The second-order valence-electron chi connectivity index (χ2n) is 10.5. The Labute approximate surface area is 344 Å². The SMILES string of the molecule is O=[N+]([O-])c1ccc(N=Nc2cc(N=Nc3cccc4cc(S(=O)(=O)[O-])ccc34)c(O)c(N=Nc3ccc(S(=O)(=O)[O-])c4ccccc34)c2O)cc1.[Na+].[Na+]. The molecule has 0 bridgehead atoms. The minimum absolute atomic E-state index is 0. The van der Waals surface area contributed by atoms with Gasteiger partial charge in [0.05, 0.1) is 31.8 Å². The number of non-ortho nitro benzene ring substituents is 1.